The monoisotopic (exact) mass is 668 g/mol. The number of aryl methyl sites for hydroxylation is 2. The van der Waals surface area contributed by atoms with Crippen molar-refractivity contribution in [2.24, 2.45) is 7.05 Å². The molecule has 10 nitrogen and oxygen atoms in total. The number of thiazole rings is 1. The van der Waals surface area contributed by atoms with Crippen LogP contribution in [0.25, 0.3) is 10.9 Å². The van der Waals surface area contributed by atoms with Gasteiger partial charge < -0.3 is 19.4 Å². The Morgan fingerprint density at radius 1 is 1.20 bits per heavy atom. The molecule has 242 valence electrons. The van der Waals surface area contributed by atoms with Gasteiger partial charge in [0.25, 0.3) is 5.91 Å². The highest BCUT2D eigenvalue weighted by molar-refractivity contribution is 7.11. The number of carbonyl (C=O) groups is 3. The molecule has 4 aromatic rings. The molecule has 46 heavy (non-hydrogen) atoms. The number of likely N-dealkylation sites (tertiary alicyclic amines) is 1. The summed E-state index contributed by atoms with van der Waals surface area (Å²) in [5, 5.41) is 6.57. The van der Waals surface area contributed by atoms with Gasteiger partial charge in [0.1, 0.15) is 12.4 Å². The Kier molecular flexibility index (Phi) is 9.26. The Balaban J connectivity index is 1.24. The number of ether oxygens (including phenoxy) is 2. The van der Waals surface area contributed by atoms with Gasteiger partial charge in [-0.15, -0.1) is 16.3 Å². The van der Waals surface area contributed by atoms with Crippen LogP contribution in [0.1, 0.15) is 51.1 Å². The number of hydrogen-bond acceptors (Lipinski definition) is 8. The molecule has 2 aliphatic heterocycles. The fourth-order valence-electron chi connectivity index (χ4n) is 6.60. The Hall–Kier alpha value is -3.68. The number of anilines is 1. The predicted octanol–water partition coefficient (Wildman–Crippen LogP) is 5.45. The van der Waals surface area contributed by atoms with Crippen LogP contribution in [0.5, 0.6) is 0 Å². The van der Waals surface area contributed by atoms with Crippen molar-refractivity contribution in [1.29, 1.82) is 0 Å². The Morgan fingerprint density at radius 2 is 1.98 bits per heavy atom. The van der Waals surface area contributed by atoms with E-state index in [0.29, 0.717) is 31.6 Å². The molecule has 2 aromatic carbocycles. The molecule has 0 bridgehead atoms. The summed E-state index contributed by atoms with van der Waals surface area (Å²) in [5.41, 5.74) is 1.62. The van der Waals surface area contributed by atoms with E-state index in [1.807, 2.05) is 35.9 Å². The van der Waals surface area contributed by atoms with Crippen LogP contribution in [0.3, 0.4) is 0 Å². The van der Waals surface area contributed by atoms with Gasteiger partial charge in [-0.1, -0.05) is 29.8 Å². The third-order valence-electron chi connectivity index (χ3n) is 9.12. The number of fused-ring (bicyclic) bond motifs is 1. The Morgan fingerprint density at radius 3 is 2.74 bits per heavy atom. The SMILES string of the molecule is COC(=O)CCc1cnc([C@@H]2CCC[N+]2(C(=O)Cc2cc(Cl)c(NC(=O)c3cn(C)c4ccccc34)cc2F)N2CC(OC)C2)s1. The largest absolute Gasteiger partial charge is 0.469 e. The summed E-state index contributed by atoms with van der Waals surface area (Å²) in [4.78, 5) is 44.9. The van der Waals surface area contributed by atoms with Gasteiger partial charge in [-0.25, -0.2) is 14.2 Å². The number of rotatable bonds is 10. The lowest BCUT2D eigenvalue weighted by molar-refractivity contribution is -0.993. The topological polar surface area (TPSA) is 103 Å². The van der Waals surface area contributed by atoms with E-state index in [2.05, 4.69) is 15.3 Å². The second-order valence-electron chi connectivity index (χ2n) is 11.8. The number of nitrogens with zero attached hydrogens (tertiary/aromatic N) is 4. The smallest absolute Gasteiger partial charge is 0.338 e. The molecule has 2 amide bonds. The molecule has 1 unspecified atom stereocenters. The van der Waals surface area contributed by atoms with Gasteiger partial charge >= 0.3 is 11.9 Å². The molecule has 2 saturated heterocycles. The molecule has 0 saturated carbocycles. The highest BCUT2D eigenvalue weighted by atomic mass is 35.5. The van der Waals surface area contributed by atoms with Crippen LogP contribution in [-0.4, -0.2) is 76.9 Å². The number of esters is 1. The zero-order chi connectivity index (χ0) is 32.6. The standard InChI is InChI=1S/C33H35ClFN5O5S/c1-38-19-24(23-7-4-5-8-28(23)38)32(43)37-27-15-26(35)20(13-25(27)34)14-30(41)40(39-17-21(18-39)44-2)12-6-9-29(40)33-36-16-22(46-33)10-11-31(42)45-3/h4-5,7-8,13,15-16,19,21,29H,6,9-12,14,17-18H2,1-3H3/p+1/t29-,40?/m0/s1. The molecule has 1 N–H and O–H groups in total. The summed E-state index contributed by atoms with van der Waals surface area (Å²) < 4.78 is 27.9. The normalized spacial score (nSPS) is 20.2. The minimum atomic E-state index is -0.627. The lowest BCUT2D eigenvalue weighted by atomic mass is 10.1. The fraction of sp³-hybridized carbons (Fsp3) is 0.394. The molecule has 13 heteroatoms. The van der Waals surface area contributed by atoms with Crippen molar-refractivity contribution in [3.8, 4) is 0 Å². The molecule has 6 rings (SSSR count). The van der Waals surface area contributed by atoms with Crippen LogP contribution < -0.4 is 5.32 Å². The molecular weight excluding hydrogens is 633 g/mol. The summed E-state index contributed by atoms with van der Waals surface area (Å²) in [6.07, 6.45) is 5.60. The van der Waals surface area contributed by atoms with Crippen LogP contribution in [-0.2, 0) is 39.0 Å². The quantitative estimate of drug-likeness (QED) is 0.177. The van der Waals surface area contributed by atoms with Crippen molar-refractivity contribution in [1.82, 2.24) is 14.6 Å². The Bertz CT molecular complexity index is 1800. The minimum absolute atomic E-state index is 0.00627. The maximum absolute atomic E-state index is 15.7. The van der Waals surface area contributed by atoms with E-state index in [1.165, 1.54) is 30.6 Å². The van der Waals surface area contributed by atoms with Crippen molar-refractivity contribution in [3.63, 3.8) is 0 Å². The van der Waals surface area contributed by atoms with Crippen LogP contribution in [0.4, 0.5) is 10.1 Å². The van der Waals surface area contributed by atoms with Crippen molar-refractivity contribution in [2.45, 2.75) is 44.2 Å². The van der Waals surface area contributed by atoms with Gasteiger partial charge in [-0.05, 0) is 24.6 Å². The third kappa shape index (κ3) is 5.95. The number of halogens is 2. The fourth-order valence-corrected chi connectivity index (χ4v) is 7.95. The number of methoxy groups -OCH3 is 2. The zero-order valence-electron chi connectivity index (χ0n) is 25.9. The third-order valence-corrected chi connectivity index (χ3v) is 10.6. The predicted molar refractivity (Wildman–Crippen MR) is 173 cm³/mol. The van der Waals surface area contributed by atoms with E-state index in [9.17, 15) is 14.4 Å². The van der Waals surface area contributed by atoms with Crippen LogP contribution in [0, 0.1) is 5.82 Å². The zero-order valence-corrected chi connectivity index (χ0v) is 27.5. The average Bonchev–Trinajstić information content (AvgIpc) is 3.76. The molecule has 4 heterocycles. The first-order valence-electron chi connectivity index (χ1n) is 15.2. The summed E-state index contributed by atoms with van der Waals surface area (Å²) in [6, 6.07) is 9.89. The maximum Gasteiger partial charge on any atom is 0.338 e. The highest BCUT2D eigenvalue weighted by Crippen LogP contribution is 2.45. The highest BCUT2D eigenvalue weighted by Gasteiger charge is 2.58. The van der Waals surface area contributed by atoms with Gasteiger partial charge in [-0.3, -0.25) is 9.59 Å². The number of hydrogen-bond donors (Lipinski definition) is 1. The molecule has 0 aliphatic carbocycles. The number of nitrogens with one attached hydrogen (secondary N) is 1. The first-order chi connectivity index (χ1) is 22.1. The molecule has 0 spiro atoms. The molecule has 2 atom stereocenters. The summed E-state index contributed by atoms with van der Waals surface area (Å²) >= 11 is 8.09. The summed E-state index contributed by atoms with van der Waals surface area (Å²) in [5.74, 6) is -1.49. The first kappa shape index (κ1) is 32.3. The molecule has 2 fully saturated rings. The molecule has 2 aromatic heterocycles. The van der Waals surface area contributed by atoms with E-state index in [4.69, 9.17) is 21.1 Å². The second-order valence-corrected chi connectivity index (χ2v) is 13.4. The van der Waals surface area contributed by atoms with E-state index in [-0.39, 0.29) is 57.7 Å². The number of quaternary nitrogens is 1. The van der Waals surface area contributed by atoms with Gasteiger partial charge in [0.15, 0.2) is 11.0 Å². The number of amides is 2. The number of carbonyl (C=O) groups excluding carboxylic acids is 3. The van der Waals surface area contributed by atoms with Crippen LogP contribution in [0.15, 0.2) is 48.8 Å². The van der Waals surface area contributed by atoms with Crippen molar-refractivity contribution in [2.75, 3.05) is 39.2 Å². The number of benzene rings is 2. The summed E-state index contributed by atoms with van der Waals surface area (Å²) in [6.45, 7) is 1.70. The molecular formula is C33H36ClFN5O5S+. The number of para-hydroxylation sites is 1. The van der Waals surface area contributed by atoms with Crippen molar-refractivity contribution < 1.29 is 32.8 Å². The van der Waals surface area contributed by atoms with Gasteiger partial charge in [-0.2, -0.15) is 4.59 Å². The number of aromatic nitrogens is 2. The lowest BCUT2D eigenvalue weighted by Crippen LogP contribution is -2.71. The Labute approximate surface area is 275 Å². The van der Waals surface area contributed by atoms with Crippen molar-refractivity contribution >= 4 is 57.3 Å². The van der Waals surface area contributed by atoms with E-state index in [1.54, 1.807) is 19.5 Å². The van der Waals surface area contributed by atoms with Crippen LogP contribution in [0.2, 0.25) is 5.02 Å². The lowest BCUT2D eigenvalue weighted by Gasteiger charge is -2.50. The first-order valence-corrected chi connectivity index (χ1v) is 16.4. The van der Waals surface area contributed by atoms with E-state index < -0.39 is 11.7 Å². The van der Waals surface area contributed by atoms with Gasteiger partial charge in [0.2, 0.25) is 0 Å². The average molecular weight is 669 g/mol. The maximum atomic E-state index is 15.7. The molecule has 0 radical (unpaired) electrons. The van der Waals surface area contributed by atoms with E-state index in [0.717, 1.165) is 33.6 Å². The minimum Gasteiger partial charge on any atom is -0.469 e. The second kappa shape index (κ2) is 13.2. The van der Waals surface area contributed by atoms with Gasteiger partial charge in [0, 0.05) is 60.7 Å². The summed E-state index contributed by atoms with van der Waals surface area (Å²) in [7, 11) is 4.87. The molecule has 2 aliphatic rings. The van der Waals surface area contributed by atoms with Crippen molar-refractivity contribution in [3.05, 3.63) is 80.6 Å². The van der Waals surface area contributed by atoms with Crippen LogP contribution >= 0.6 is 22.9 Å². The van der Waals surface area contributed by atoms with E-state index >= 15 is 4.39 Å². The van der Waals surface area contributed by atoms with Gasteiger partial charge in [0.05, 0.1) is 55.4 Å².